The summed E-state index contributed by atoms with van der Waals surface area (Å²) in [4.78, 5) is 19.1. The van der Waals surface area contributed by atoms with Gasteiger partial charge in [0, 0.05) is 13.1 Å². The lowest BCUT2D eigenvalue weighted by molar-refractivity contribution is 0.0628. The Kier molecular flexibility index (Phi) is 3.28. The second-order valence-electron chi connectivity index (χ2n) is 4.90. The van der Waals surface area contributed by atoms with Crippen LogP contribution in [-0.4, -0.2) is 28.9 Å². The average Bonchev–Trinajstić information content (AvgIpc) is 2.62. The summed E-state index contributed by atoms with van der Waals surface area (Å²) in [6, 6.07) is 0. The predicted octanol–water partition coefficient (Wildman–Crippen LogP) is 2.57. The molecule has 2 rings (SSSR count). The number of carbonyl (C=O) groups excluding carboxylic acids is 1. The zero-order chi connectivity index (χ0) is 11.7. The molecule has 1 saturated heterocycles. The quantitative estimate of drug-likeness (QED) is 0.753. The second-order valence-corrected chi connectivity index (χ2v) is 6.13. The van der Waals surface area contributed by atoms with Crippen molar-refractivity contribution in [3.63, 3.8) is 0 Å². The number of amides is 1. The maximum atomic E-state index is 12.2. The minimum atomic E-state index is 0.156. The van der Waals surface area contributed by atoms with Gasteiger partial charge in [0.1, 0.15) is 4.88 Å². The number of aromatic nitrogens is 1. The maximum Gasteiger partial charge on any atom is 0.265 e. The monoisotopic (exact) mass is 238 g/mol. The molecule has 2 unspecified atom stereocenters. The van der Waals surface area contributed by atoms with Crippen LogP contribution in [0, 0.1) is 18.8 Å². The van der Waals surface area contributed by atoms with Gasteiger partial charge < -0.3 is 4.90 Å². The largest absolute Gasteiger partial charge is 0.337 e. The number of likely N-dealkylation sites (tertiary alicyclic amines) is 1. The first-order valence-electron chi connectivity index (χ1n) is 5.78. The molecule has 1 aromatic rings. The van der Waals surface area contributed by atoms with E-state index in [2.05, 4.69) is 18.8 Å². The molecule has 0 radical (unpaired) electrons. The van der Waals surface area contributed by atoms with E-state index >= 15 is 0 Å². The van der Waals surface area contributed by atoms with E-state index in [4.69, 9.17) is 0 Å². The van der Waals surface area contributed by atoms with Crippen molar-refractivity contribution in [3.05, 3.63) is 16.1 Å². The van der Waals surface area contributed by atoms with Gasteiger partial charge in [-0.05, 0) is 25.2 Å². The van der Waals surface area contributed by atoms with Gasteiger partial charge in [-0.25, -0.2) is 4.98 Å². The third-order valence-electron chi connectivity index (χ3n) is 2.99. The number of piperidine rings is 1. The van der Waals surface area contributed by atoms with Crippen LogP contribution < -0.4 is 0 Å². The Labute approximate surface area is 100 Å². The Morgan fingerprint density at radius 2 is 2.06 bits per heavy atom. The van der Waals surface area contributed by atoms with Crippen LogP contribution in [0.15, 0.2) is 6.20 Å². The van der Waals surface area contributed by atoms with Gasteiger partial charge in [0.05, 0.1) is 11.2 Å². The van der Waals surface area contributed by atoms with E-state index in [-0.39, 0.29) is 5.91 Å². The highest BCUT2D eigenvalue weighted by Gasteiger charge is 2.26. The average molecular weight is 238 g/mol. The van der Waals surface area contributed by atoms with Crippen molar-refractivity contribution < 1.29 is 4.79 Å². The smallest absolute Gasteiger partial charge is 0.265 e. The maximum absolute atomic E-state index is 12.2. The molecule has 1 aliphatic heterocycles. The van der Waals surface area contributed by atoms with Crippen molar-refractivity contribution in [2.45, 2.75) is 27.2 Å². The standard InChI is InChI=1S/C12H18N2OS/c1-8-4-9(2)7-14(6-8)12(15)11-5-13-10(3)16-11/h5,8-9H,4,6-7H2,1-3H3. The number of hydrogen-bond donors (Lipinski definition) is 0. The summed E-state index contributed by atoms with van der Waals surface area (Å²) in [5, 5.41) is 0.960. The molecule has 0 aliphatic carbocycles. The number of carbonyl (C=O) groups is 1. The molecule has 1 aliphatic rings. The van der Waals surface area contributed by atoms with Crippen molar-refractivity contribution in [1.29, 1.82) is 0 Å². The van der Waals surface area contributed by atoms with Gasteiger partial charge in [-0.3, -0.25) is 4.79 Å². The Morgan fingerprint density at radius 1 is 1.44 bits per heavy atom. The molecular formula is C12H18N2OS. The minimum absolute atomic E-state index is 0.156. The number of hydrogen-bond acceptors (Lipinski definition) is 3. The molecule has 0 saturated carbocycles. The molecule has 0 spiro atoms. The van der Waals surface area contributed by atoms with Crippen LogP contribution in [-0.2, 0) is 0 Å². The summed E-state index contributed by atoms with van der Waals surface area (Å²) >= 11 is 1.49. The normalized spacial score (nSPS) is 25.8. The fourth-order valence-corrected chi connectivity index (χ4v) is 3.19. The minimum Gasteiger partial charge on any atom is -0.337 e. The third kappa shape index (κ3) is 2.43. The van der Waals surface area contributed by atoms with E-state index in [1.165, 1.54) is 17.8 Å². The fraction of sp³-hybridized carbons (Fsp3) is 0.667. The van der Waals surface area contributed by atoms with E-state index in [0.29, 0.717) is 11.8 Å². The van der Waals surface area contributed by atoms with Crippen molar-refractivity contribution in [3.8, 4) is 0 Å². The van der Waals surface area contributed by atoms with Crippen LogP contribution in [0.1, 0.15) is 34.9 Å². The molecule has 0 N–H and O–H groups in total. The lowest BCUT2D eigenvalue weighted by Crippen LogP contribution is -2.42. The summed E-state index contributed by atoms with van der Waals surface area (Å²) in [7, 11) is 0. The molecule has 16 heavy (non-hydrogen) atoms. The summed E-state index contributed by atoms with van der Waals surface area (Å²) in [6.07, 6.45) is 2.93. The number of aryl methyl sites for hydroxylation is 1. The zero-order valence-electron chi connectivity index (χ0n) is 10.1. The molecule has 0 aromatic carbocycles. The van der Waals surface area contributed by atoms with Crippen LogP contribution in [0.4, 0.5) is 0 Å². The lowest BCUT2D eigenvalue weighted by Gasteiger charge is -2.34. The zero-order valence-corrected chi connectivity index (χ0v) is 10.9. The van der Waals surface area contributed by atoms with Gasteiger partial charge in [-0.1, -0.05) is 13.8 Å². The summed E-state index contributed by atoms with van der Waals surface area (Å²) in [6.45, 7) is 8.14. The summed E-state index contributed by atoms with van der Waals surface area (Å²) in [5.74, 6) is 1.38. The van der Waals surface area contributed by atoms with Crippen molar-refractivity contribution in [2.24, 2.45) is 11.8 Å². The van der Waals surface area contributed by atoms with Gasteiger partial charge in [0.25, 0.3) is 5.91 Å². The molecule has 2 heterocycles. The highest BCUT2D eigenvalue weighted by molar-refractivity contribution is 7.13. The van der Waals surface area contributed by atoms with Crippen molar-refractivity contribution >= 4 is 17.2 Å². The molecule has 4 heteroatoms. The SMILES string of the molecule is Cc1ncc(C(=O)N2CC(C)CC(C)C2)s1. The molecule has 1 fully saturated rings. The van der Waals surface area contributed by atoms with Crippen LogP contribution in [0.2, 0.25) is 0 Å². The molecule has 1 amide bonds. The van der Waals surface area contributed by atoms with Crippen LogP contribution >= 0.6 is 11.3 Å². The number of nitrogens with zero attached hydrogens (tertiary/aromatic N) is 2. The molecule has 0 bridgehead atoms. The van der Waals surface area contributed by atoms with E-state index in [1.807, 2.05) is 11.8 Å². The Hall–Kier alpha value is -0.900. The summed E-state index contributed by atoms with van der Waals surface area (Å²) < 4.78 is 0. The molecule has 1 aromatic heterocycles. The molecule has 2 atom stereocenters. The second kappa shape index (κ2) is 4.53. The number of thiazole rings is 1. The van der Waals surface area contributed by atoms with E-state index in [1.54, 1.807) is 6.20 Å². The van der Waals surface area contributed by atoms with Gasteiger partial charge in [-0.15, -0.1) is 11.3 Å². The predicted molar refractivity (Wildman–Crippen MR) is 65.7 cm³/mol. The molecular weight excluding hydrogens is 220 g/mol. The van der Waals surface area contributed by atoms with Crippen LogP contribution in [0.3, 0.4) is 0 Å². The van der Waals surface area contributed by atoms with Gasteiger partial charge in [-0.2, -0.15) is 0 Å². The topological polar surface area (TPSA) is 33.2 Å². The van der Waals surface area contributed by atoms with Gasteiger partial charge >= 0.3 is 0 Å². The Morgan fingerprint density at radius 3 is 2.56 bits per heavy atom. The Balaban J connectivity index is 2.09. The van der Waals surface area contributed by atoms with Crippen molar-refractivity contribution in [1.82, 2.24) is 9.88 Å². The van der Waals surface area contributed by atoms with E-state index < -0.39 is 0 Å². The van der Waals surface area contributed by atoms with Crippen LogP contribution in [0.5, 0.6) is 0 Å². The third-order valence-corrected chi connectivity index (χ3v) is 3.89. The highest BCUT2D eigenvalue weighted by Crippen LogP contribution is 2.23. The van der Waals surface area contributed by atoms with Crippen LogP contribution in [0.25, 0.3) is 0 Å². The van der Waals surface area contributed by atoms with Crippen molar-refractivity contribution in [2.75, 3.05) is 13.1 Å². The van der Waals surface area contributed by atoms with E-state index in [9.17, 15) is 4.79 Å². The summed E-state index contributed by atoms with van der Waals surface area (Å²) in [5.41, 5.74) is 0. The molecule has 88 valence electrons. The van der Waals surface area contributed by atoms with Gasteiger partial charge in [0.15, 0.2) is 0 Å². The first kappa shape index (κ1) is 11.6. The van der Waals surface area contributed by atoms with E-state index in [0.717, 1.165) is 23.0 Å². The lowest BCUT2D eigenvalue weighted by atomic mass is 9.92. The van der Waals surface area contributed by atoms with Gasteiger partial charge in [0.2, 0.25) is 0 Å². The highest BCUT2D eigenvalue weighted by atomic mass is 32.1. The molecule has 3 nitrogen and oxygen atoms in total. The number of rotatable bonds is 1. The first-order valence-corrected chi connectivity index (χ1v) is 6.59. The fourth-order valence-electron chi connectivity index (χ4n) is 2.44. The first-order chi connectivity index (χ1) is 7.56. The Bertz CT molecular complexity index is 378.